The topological polar surface area (TPSA) is 35.5 Å². The number of anilines is 1. The SMILES string of the molecule is CC(C)NCc1cccc(Cl)c1N(CCCO)C(C)C. The zero-order chi connectivity index (χ0) is 15.1. The second-order valence-corrected chi connectivity index (χ2v) is 6.05. The Bertz CT molecular complexity index is 407. The summed E-state index contributed by atoms with van der Waals surface area (Å²) in [5.41, 5.74) is 2.30. The molecule has 3 nitrogen and oxygen atoms in total. The van der Waals surface area contributed by atoms with E-state index in [9.17, 15) is 0 Å². The zero-order valence-electron chi connectivity index (χ0n) is 13.0. The molecular formula is C16H27ClN2O. The van der Waals surface area contributed by atoms with E-state index in [4.69, 9.17) is 16.7 Å². The molecule has 4 heteroatoms. The maximum atomic E-state index is 9.09. The largest absolute Gasteiger partial charge is 0.396 e. The summed E-state index contributed by atoms with van der Waals surface area (Å²) in [6.45, 7) is 10.4. The highest BCUT2D eigenvalue weighted by atomic mass is 35.5. The molecular weight excluding hydrogens is 272 g/mol. The molecule has 20 heavy (non-hydrogen) atoms. The lowest BCUT2D eigenvalue weighted by Crippen LogP contribution is -2.34. The van der Waals surface area contributed by atoms with Gasteiger partial charge in [0.15, 0.2) is 0 Å². The number of nitrogens with zero attached hydrogens (tertiary/aromatic N) is 1. The van der Waals surface area contributed by atoms with E-state index in [0.717, 1.165) is 30.2 Å². The zero-order valence-corrected chi connectivity index (χ0v) is 13.7. The van der Waals surface area contributed by atoms with Crippen molar-refractivity contribution in [2.75, 3.05) is 18.1 Å². The number of hydrogen-bond acceptors (Lipinski definition) is 3. The number of benzene rings is 1. The van der Waals surface area contributed by atoms with Crippen molar-refractivity contribution in [2.45, 2.75) is 52.7 Å². The molecule has 2 N–H and O–H groups in total. The fourth-order valence-corrected chi connectivity index (χ4v) is 2.51. The Morgan fingerprint density at radius 3 is 2.50 bits per heavy atom. The van der Waals surface area contributed by atoms with Gasteiger partial charge in [-0.25, -0.2) is 0 Å². The van der Waals surface area contributed by atoms with E-state index in [1.807, 2.05) is 12.1 Å². The fourth-order valence-electron chi connectivity index (χ4n) is 2.21. The van der Waals surface area contributed by atoms with Gasteiger partial charge < -0.3 is 15.3 Å². The monoisotopic (exact) mass is 298 g/mol. The minimum Gasteiger partial charge on any atom is -0.396 e. The van der Waals surface area contributed by atoms with Gasteiger partial charge in [-0.05, 0) is 31.9 Å². The molecule has 0 fully saturated rings. The van der Waals surface area contributed by atoms with Crippen LogP contribution in [-0.4, -0.2) is 30.3 Å². The first-order valence-electron chi connectivity index (χ1n) is 7.35. The predicted octanol–water partition coefficient (Wildman–Crippen LogP) is 3.44. The average molecular weight is 299 g/mol. The number of halogens is 1. The number of rotatable bonds is 8. The van der Waals surface area contributed by atoms with Gasteiger partial charge in [-0.1, -0.05) is 37.6 Å². The molecule has 0 aromatic heterocycles. The molecule has 0 unspecified atom stereocenters. The van der Waals surface area contributed by atoms with E-state index in [-0.39, 0.29) is 6.61 Å². The van der Waals surface area contributed by atoms with Crippen LogP contribution < -0.4 is 10.2 Å². The maximum absolute atomic E-state index is 9.09. The molecule has 114 valence electrons. The summed E-state index contributed by atoms with van der Waals surface area (Å²) >= 11 is 6.43. The molecule has 0 saturated heterocycles. The molecule has 0 aliphatic heterocycles. The van der Waals surface area contributed by atoms with Crippen LogP contribution in [-0.2, 0) is 6.54 Å². The van der Waals surface area contributed by atoms with E-state index in [0.29, 0.717) is 12.1 Å². The molecule has 0 atom stereocenters. The molecule has 0 amide bonds. The molecule has 0 radical (unpaired) electrons. The standard InChI is InChI=1S/C16H27ClN2O/c1-12(2)18-11-14-7-5-8-15(17)16(14)19(13(3)4)9-6-10-20/h5,7-8,12-13,18,20H,6,9-11H2,1-4H3. The highest BCUT2D eigenvalue weighted by Gasteiger charge is 2.17. The third-order valence-electron chi connectivity index (χ3n) is 3.24. The summed E-state index contributed by atoms with van der Waals surface area (Å²) in [6, 6.07) is 6.83. The smallest absolute Gasteiger partial charge is 0.0643 e. The van der Waals surface area contributed by atoms with Crippen LogP contribution in [0.3, 0.4) is 0 Å². The summed E-state index contributed by atoms with van der Waals surface area (Å²) in [5.74, 6) is 0. The molecule has 1 rings (SSSR count). The minimum atomic E-state index is 0.202. The maximum Gasteiger partial charge on any atom is 0.0643 e. The van der Waals surface area contributed by atoms with Crippen molar-refractivity contribution >= 4 is 17.3 Å². The Labute approximate surface area is 127 Å². The Balaban J connectivity index is 3.04. The van der Waals surface area contributed by atoms with E-state index in [2.05, 4.69) is 44.0 Å². The van der Waals surface area contributed by atoms with Gasteiger partial charge in [-0.15, -0.1) is 0 Å². The Kier molecular flexibility index (Phi) is 7.35. The van der Waals surface area contributed by atoms with Gasteiger partial charge in [0.2, 0.25) is 0 Å². The van der Waals surface area contributed by atoms with Crippen LogP contribution in [0.2, 0.25) is 5.02 Å². The summed E-state index contributed by atoms with van der Waals surface area (Å²) in [5, 5.41) is 13.3. The summed E-state index contributed by atoms with van der Waals surface area (Å²) < 4.78 is 0. The molecule has 1 aromatic rings. The van der Waals surface area contributed by atoms with Gasteiger partial charge in [-0.2, -0.15) is 0 Å². The summed E-state index contributed by atoms with van der Waals surface area (Å²) in [7, 11) is 0. The third kappa shape index (κ3) is 4.97. The van der Waals surface area contributed by atoms with Crippen LogP contribution in [0.4, 0.5) is 5.69 Å². The van der Waals surface area contributed by atoms with Gasteiger partial charge in [-0.3, -0.25) is 0 Å². The minimum absolute atomic E-state index is 0.202. The fraction of sp³-hybridized carbons (Fsp3) is 0.625. The number of nitrogens with one attached hydrogen (secondary N) is 1. The van der Waals surface area contributed by atoms with Crippen LogP contribution in [0.5, 0.6) is 0 Å². The number of aliphatic hydroxyl groups is 1. The van der Waals surface area contributed by atoms with Gasteiger partial charge >= 0.3 is 0 Å². The average Bonchev–Trinajstić information content (AvgIpc) is 2.38. The lowest BCUT2D eigenvalue weighted by atomic mass is 10.1. The summed E-state index contributed by atoms with van der Waals surface area (Å²) in [4.78, 5) is 2.27. The Morgan fingerprint density at radius 1 is 1.25 bits per heavy atom. The Morgan fingerprint density at radius 2 is 1.95 bits per heavy atom. The van der Waals surface area contributed by atoms with Crippen LogP contribution in [0.1, 0.15) is 39.7 Å². The highest BCUT2D eigenvalue weighted by molar-refractivity contribution is 6.33. The van der Waals surface area contributed by atoms with Crippen molar-refractivity contribution < 1.29 is 5.11 Å². The van der Waals surface area contributed by atoms with Crippen LogP contribution in [0.25, 0.3) is 0 Å². The third-order valence-corrected chi connectivity index (χ3v) is 3.54. The van der Waals surface area contributed by atoms with Crippen LogP contribution in [0, 0.1) is 0 Å². The predicted molar refractivity (Wildman–Crippen MR) is 87.6 cm³/mol. The van der Waals surface area contributed by atoms with Crippen molar-refractivity contribution in [3.8, 4) is 0 Å². The molecule has 1 aromatic carbocycles. The van der Waals surface area contributed by atoms with Crippen molar-refractivity contribution in [1.82, 2.24) is 5.32 Å². The van der Waals surface area contributed by atoms with Gasteiger partial charge in [0.25, 0.3) is 0 Å². The number of para-hydroxylation sites is 1. The van der Waals surface area contributed by atoms with Gasteiger partial charge in [0.1, 0.15) is 0 Å². The first-order chi connectivity index (χ1) is 9.47. The molecule has 0 bridgehead atoms. The summed E-state index contributed by atoms with van der Waals surface area (Å²) in [6.07, 6.45) is 0.750. The van der Waals surface area contributed by atoms with Gasteiger partial charge in [0.05, 0.1) is 10.7 Å². The molecule has 0 saturated carbocycles. The van der Waals surface area contributed by atoms with Crippen molar-refractivity contribution in [3.63, 3.8) is 0 Å². The van der Waals surface area contributed by atoms with E-state index in [1.165, 1.54) is 5.56 Å². The van der Waals surface area contributed by atoms with E-state index in [1.54, 1.807) is 0 Å². The van der Waals surface area contributed by atoms with Crippen molar-refractivity contribution in [3.05, 3.63) is 28.8 Å². The first-order valence-corrected chi connectivity index (χ1v) is 7.73. The number of hydrogen-bond donors (Lipinski definition) is 2. The van der Waals surface area contributed by atoms with E-state index >= 15 is 0 Å². The van der Waals surface area contributed by atoms with E-state index < -0.39 is 0 Å². The lowest BCUT2D eigenvalue weighted by molar-refractivity contribution is 0.288. The first kappa shape index (κ1) is 17.3. The van der Waals surface area contributed by atoms with Gasteiger partial charge in [0, 0.05) is 31.8 Å². The quantitative estimate of drug-likeness (QED) is 0.772. The molecule has 0 heterocycles. The second-order valence-electron chi connectivity index (χ2n) is 5.65. The highest BCUT2D eigenvalue weighted by Crippen LogP contribution is 2.31. The van der Waals surface area contributed by atoms with Crippen LogP contribution >= 0.6 is 11.6 Å². The number of aliphatic hydroxyl groups excluding tert-OH is 1. The van der Waals surface area contributed by atoms with Crippen molar-refractivity contribution in [2.24, 2.45) is 0 Å². The molecule has 0 spiro atoms. The Hall–Kier alpha value is -0.770. The van der Waals surface area contributed by atoms with Crippen LogP contribution in [0.15, 0.2) is 18.2 Å². The van der Waals surface area contributed by atoms with Crippen molar-refractivity contribution in [1.29, 1.82) is 0 Å². The second kappa shape index (κ2) is 8.50. The lowest BCUT2D eigenvalue weighted by Gasteiger charge is -2.32. The molecule has 0 aliphatic carbocycles. The normalized spacial score (nSPS) is 11.4. The molecule has 0 aliphatic rings.